The number of nitrogens with one attached hydrogen (secondary N) is 1. The summed E-state index contributed by atoms with van der Waals surface area (Å²) in [6, 6.07) is 0.0497. The number of unbranched alkanes of at least 4 members (excludes halogenated alkanes) is 1. The Kier molecular flexibility index (Phi) is 7.39. The van der Waals surface area contributed by atoms with Crippen molar-refractivity contribution in [2.45, 2.75) is 71.4 Å². The van der Waals surface area contributed by atoms with Crippen LogP contribution in [0.25, 0.3) is 0 Å². The number of hydrogen-bond donors (Lipinski definition) is 2. The fraction of sp³-hybridized carbons (Fsp3) is 0.846. The zero-order valence-corrected chi connectivity index (χ0v) is 11.8. The third-order valence-corrected chi connectivity index (χ3v) is 2.41. The Labute approximate surface area is 109 Å². The van der Waals surface area contributed by atoms with E-state index in [1.165, 1.54) is 0 Å². The summed E-state index contributed by atoms with van der Waals surface area (Å²) >= 11 is 0. The Morgan fingerprint density at radius 2 is 1.89 bits per heavy atom. The van der Waals surface area contributed by atoms with Gasteiger partial charge in [0.15, 0.2) is 0 Å². The van der Waals surface area contributed by atoms with Gasteiger partial charge in [-0.3, -0.25) is 4.79 Å². The van der Waals surface area contributed by atoms with Crippen molar-refractivity contribution in [1.29, 1.82) is 0 Å². The molecule has 0 aliphatic rings. The minimum absolute atomic E-state index is 0.0497. The summed E-state index contributed by atoms with van der Waals surface area (Å²) < 4.78 is 5.17. The Morgan fingerprint density at radius 1 is 1.28 bits per heavy atom. The SMILES string of the molecule is CCC(CCCCC(=O)O)NC(=O)OC(C)(C)C. The second kappa shape index (κ2) is 7.95. The molecule has 0 aliphatic carbocycles. The highest BCUT2D eigenvalue weighted by molar-refractivity contribution is 5.68. The van der Waals surface area contributed by atoms with Crippen LogP contribution in [-0.2, 0) is 9.53 Å². The zero-order valence-electron chi connectivity index (χ0n) is 11.8. The van der Waals surface area contributed by atoms with Crippen molar-refractivity contribution >= 4 is 12.1 Å². The molecule has 0 saturated carbocycles. The van der Waals surface area contributed by atoms with Crippen molar-refractivity contribution in [2.75, 3.05) is 0 Å². The van der Waals surface area contributed by atoms with Gasteiger partial charge in [0.05, 0.1) is 0 Å². The normalized spacial score (nSPS) is 12.9. The van der Waals surface area contributed by atoms with Gasteiger partial charge in [-0.2, -0.15) is 0 Å². The fourth-order valence-electron chi connectivity index (χ4n) is 1.52. The van der Waals surface area contributed by atoms with E-state index < -0.39 is 17.7 Å². The summed E-state index contributed by atoms with van der Waals surface area (Å²) in [5, 5.41) is 11.3. The van der Waals surface area contributed by atoms with Gasteiger partial charge in [0.25, 0.3) is 0 Å². The van der Waals surface area contributed by atoms with Crippen LogP contribution in [0.1, 0.15) is 59.8 Å². The van der Waals surface area contributed by atoms with E-state index in [-0.39, 0.29) is 12.5 Å². The third kappa shape index (κ3) is 9.93. The first-order valence-electron chi connectivity index (χ1n) is 6.46. The summed E-state index contributed by atoms with van der Waals surface area (Å²) in [4.78, 5) is 21.9. The van der Waals surface area contributed by atoms with E-state index in [1.807, 2.05) is 27.7 Å². The molecule has 0 rings (SSSR count). The lowest BCUT2D eigenvalue weighted by Gasteiger charge is -2.23. The van der Waals surface area contributed by atoms with E-state index in [1.54, 1.807) is 0 Å². The van der Waals surface area contributed by atoms with E-state index >= 15 is 0 Å². The number of ether oxygens (including phenoxy) is 1. The molecule has 1 atom stereocenters. The summed E-state index contributed by atoms with van der Waals surface area (Å²) in [5.74, 6) is -0.775. The van der Waals surface area contributed by atoms with E-state index in [9.17, 15) is 9.59 Å². The van der Waals surface area contributed by atoms with Gasteiger partial charge in [-0.15, -0.1) is 0 Å². The predicted molar refractivity (Wildman–Crippen MR) is 69.6 cm³/mol. The molecule has 0 radical (unpaired) electrons. The second-order valence-corrected chi connectivity index (χ2v) is 5.39. The van der Waals surface area contributed by atoms with Gasteiger partial charge in [-0.25, -0.2) is 4.79 Å². The number of carboxylic acids is 1. The maximum atomic E-state index is 11.5. The highest BCUT2D eigenvalue weighted by Gasteiger charge is 2.18. The van der Waals surface area contributed by atoms with Crippen LogP contribution in [0.3, 0.4) is 0 Å². The Bertz CT molecular complexity index is 271. The predicted octanol–water partition coefficient (Wildman–Crippen LogP) is 2.93. The molecule has 0 aliphatic heterocycles. The molecular formula is C13H25NO4. The lowest BCUT2D eigenvalue weighted by atomic mass is 10.1. The van der Waals surface area contributed by atoms with Gasteiger partial charge < -0.3 is 15.2 Å². The van der Waals surface area contributed by atoms with Gasteiger partial charge >= 0.3 is 12.1 Å². The van der Waals surface area contributed by atoms with E-state index in [2.05, 4.69) is 5.32 Å². The largest absolute Gasteiger partial charge is 0.481 e. The van der Waals surface area contributed by atoms with Crippen molar-refractivity contribution in [2.24, 2.45) is 0 Å². The van der Waals surface area contributed by atoms with Crippen LogP contribution >= 0.6 is 0 Å². The molecular weight excluding hydrogens is 234 g/mol. The summed E-state index contributed by atoms with van der Waals surface area (Å²) in [7, 11) is 0. The van der Waals surface area contributed by atoms with Gasteiger partial charge in [0.1, 0.15) is 5.60 Å². The van der Waals surface area contributed by atoms with Gasteiger partial charge in [0.2, 0.25) is 0 Å². The van der Waals surface area contributed by atoms with Gasteiger partial charge in [-0.1, -0.05) is 13.3 Å². The summed E-state index contributed by atoms with van der Waals surface area (Å²) in [6.07, 6.45) is 2.80. The summed E-state index contributed by atoms with van der Waals surface area (Å²) in [6.45, 7) is 7.44. The van der Waals surface area contributed by atoms with Crippen LogP contribution in [0.2, 0.25) is 0 Å². The monoisotopic (exact) mass is 259 g/mol. The van der Waals surface area contributed by atoms with Crippen molar-refractivity contribution in [3.8, 4) is 0 Å². The Morgan fingerprint density at radius 3 is 2.33 bits per heavy atom. The van der Waals surface area contributed by atoms with Crippen molar-refractivity contribution in [3.05, 3.63) is 0 Å². The van der Waals surface area contributed by atoms with E-state index in [0.717, 1.165) is 19.3 Å². The average molecular weight is 259 g/mol. The van der Waals surface area contributed by atoms with Crippen LogP contribution in [0, 0.1) is 0 Å². The highest BCUT2D eigenvalue weighted by Crippen LogP contribution is 2.10. The van der Waals surface area contributed by atoms with Crippen molar-refractivity contribution < 1.29 is 19.4 Å². The molecule has 0 saturated heterocycles. The summed E-state index contributed by atoms with van der Waals surface area (Å²) in [5.41, 5.74) is -0.494. The van der Waals surface area contributed by atoms with Crippen LogP contribution in [0.4, 0.5) is 4.79 Å². The maximum Gasteiger partial charge on any atom is 0.407 e. The molecule has 1 unspecified atom stereocenters. The van der Waals surface area contributed by atoms with Crippen molar-refractivity contribution in [1.82, 2.24) is 5.32 Å². The molecule has 18 heavy (non-hydrogen) atoms. The average Bonchev–Trinajstić information content (AvgIpc) is 2.19. The van der Waals surface area contributed by atoms with E-state index in [0.29, 0.717) is 6.42 Å². The zero-order chi connectivity index (χ0) is 14.2. The Hall–Kier alpha value is -1.26. The maximum absolute atomic E-state index is 11.5. The molecule has 5 nitrogen and oxygen atoms in total. The number of amides is 1. The Balaban J connectivity index is 3.89. The molecule has 1 amide bonds. The third-order valence-electron chi connectivity index (χ3n) is 2.41. The quantitative estimate of drug-likeness (QED) is 0.689. The van der Waals surface area contributed by atoms with Crippen LogP contribution in [0.5, 0.6) is 0 Å². The minimum Gasteiger partial charge on any atom is -0.481 e. The highest BCUT2D eigenvalue weighted by atomic mass is 16.6. The molecule has 2 N–H and O–H groups in total. The number of hydrogen-bond acceptors (Lipinski definition) is 3. The van der Waals surface area contributed by atoms with Crippen LogP contribution < -0.4 is 5.32 Å². The molecule has 0 bridgehead atoms. The molecule has 0 heterocycles. The number of carbonyl (C=O) groups excluding carboxylic acids is 1. The van der Waals surface area contributed by atoms with E-state index in [4.69, 9.17) is 9.84 Å². The van der Waals surface area contributed by atoms with Gasteiger partial charge in [0, 0.05) is 12.5 Å². The lowest BCUT2D eigenvalue weighted by Crippen LogP contribution is -2.38. The first-order chi connectivity index (χ1) is 8.24. The molecule has 0 spiro atoms. The van der Waals surface area contributed by atoms with Crippen LogP contribution in [-0.4, -0.2) is 28.8 Å². The molecule has 0 fully saturated rings. The molecule has 0 aromatic carbocycles. The number of aliphatic carboxylic acids is 1. The second-order valence-electron chi connectivity index (χ2n) is 5.39. The van der Waals surface area contributed by atoms with Crippen LogP contribution in [0.15, 0.2) is 0 Å². The van der Waals surface area contributed by atoms with Crippen molar-refractivity contribution in [3.63, 3.8) is 0 Å². The van der Waals surface area contributed by atoms with Gasteiger partial charge in [-0.05, 0) is 40.0 Å². The lowest BCUT2D eigenvalue weighted by molar-refractivity contribution is -0.137. The number of alkyl carbamates (subject to hydrolysis) is 1. The fourth-order valence-corrected chi connectivity index (χ4v) is 1.52. The smallest absolute Gasteiger partial charge is 0.407 e. The first-order valence-corrected chi connectivity index (χ1v) is 6.46. The number of carboxylic acid groups (broad SMARTS) is 1. The number of carbonyl (C=O) groups is 2. The number of rotatable bonds is 7. The molecule has 5 heteroatoms. The topological polar surface area (TPSA) is 75.6 Å². The standard InChI is InChI=1S/C13H25NO4/c1-5-10(8-6-7-9-11(15)16)14-12(17)18-13(2,3)4/h10H,5-9H2,1-4H3,(H,14,17)(H,15,16). The molecule has 0 aromatic heterocycles. The first kappa shape index (κ1) is 16.7. The molecule has 0 aromatic rings. The minimum atomic E-state index is -0.775. The molecule has 106 valence electrons.